The van der Waals surface area contributed by atoms with Gasteiger partial charge in [0.15, 0.2) is 0 Å². The minimum Gasteiger partial charge on any atom is -0.310 e. The van der Waals surface area contributed by atoms with Crippen molar-refractivity contribution in [2.24, 2.45) is 0 Å². The van der Waals surface area contributed by atoms with Crippen LogP contribution in [0.15, 0.2) is 35.1 Å². The van der Waals surface area contributed by atoms with E-state index in [9.17, 15) is 4.79 Å². The minimum atomic E-state index is -0.272. The Bertz CT molecular complexity index is 826. The SMILES string of the molecule is CC(C)n1nccc1NC(=O)[C@@H](C)Sc1ncnc2ccsc12. The highest BCUT2D eigenvalue weighted by Crippen LogP contribution is 2.31. The van der Waals surface area contributed by atoms with Gasteiger partial charge < -0.3 is 5.32 Å². The predicted molar refractivity (Wildman–Crippen MR) is 94.0 cm³/mol. The maximum absolute atomic E-state index is 12.5. The van der Waals surface area contributed by atoms with Crippen molar-refractivity contribution in [1.29, 1.82) is 0 Å². The lowest BCUT2D eigenvalue weighted by molar-refractivity contribution is -0.115. The molecule has 0 saturated carbocycles. The van der Waals surface area contributed by atoms with Crippen LogP contribution in [0.4, 0.5) is 5.82 Å². The summed E-state index contributed by atoms with van der Waals surface area (Å²) in [4.78, 5) is 21.0. The van der Waals surface area contributed by atoms with Crippen LogP contribution in [0.3, 0.4) is 0 Å². The molecule has 0 aliphatic rings. The van der Waals surface area contributed by atoms with Gasteiger partial charge in [0.25, 0.3) is 0 Å². The number of thioether (sulfide) groups is 1. The van der Waals surface area contributed by atoms with E-state index in [1.165, 1.54) is 18.1 Å². The van der Waals surface area contributed by atoms with E-state index in [4.69, 9.17) is 0 Å². The van der Waals surface area contributed by atoms with Crippen molar-refractivity contribution < 1.29 is 4.79 Å². The molecule has 0 fully saturated rings. The standard InChI is InChI=1S/C15H17N5OS2/c1-9(2)20-12(4-6-18-20)19-14(21)10(3)23-15-13-11(5-7-22-13)16-8-17-15/h4-10H,1-3H3,(H,19,21)/t10-/m1/s1. The maximum Gasteiger partial charge on any atom is 0.238 e. The molecule has 0 unspecified atom stereocenters. The van der Waals surface area contributed by atoms with Gasteiger partial charge in [-0.25, -0.2) is 14.6 Å². The summed E-state index contributed by atoms with van der Waals surface area (Å²) in [6.45, 7) is 5.92. The van der Waals surface area contributed by atoms with Crippen molar-refractivity contribution in [2.75, 3.05) is 5.32 Å². The number of carbonyl (C=O) groups is 1. The largest absolute Gasteiger partial charge is 0.310 e. The Hall–Kier alpha value is -1.93. The molecule has 3 aromatic rings. The van der Waals surface area contributed by atoms with Gasteiger partial charge in [-0.1, -0.05) is 11.8 Å². The first kappa shape index (κ1) is 15.9. The molecule has 8 heteroatoms. The summed E-state index contributed by atoms with van der Waals surface area (Å²) in [6, 6.07) is 3.95. The smallest absolute Gasteiger partial charge is 0.238 e. The van der Waals surface area contributed by atoms with Crippen LogP contribution in [0.1, 0.15) is 26.8 Å². The number of hydrogen-bond donors (Lipinski definition) is 1. The van der Waals surface area contributed by atoms with E-state index in [-0.39, 0.29) is 17.2 Å². The van der Waals surface area contributed by atoms with Crippen LogP contribution in [0, 0.1) is 0 Å². The zero-order chi connectivity index (χ0) is 16.4. The van der Waals surface area contributed by atoms with E-state index in [0.717, 1.165) is 15.2 Å². The Labute approximate surface area is 142 Å². The molecule has 120 valence electrons. The summed E-state index contributed by atoms with van der Waals surface area (Å²) in [7, 11) is 0. The molecule has 1 amide bonds. The lowest BCUT2D eigenvalue weighted by atomic mass is 10.4. The average molecular weight is 347 g/mol. The van der Waals surface area contributed by atoms with Crippen LogP contribution >= 0.6 is 23.1 Å². The van der Waals surface area contributed by atoms with E-state index >= 15 is 0 Å². The van der Waals surface area contributed by atoms with Crippen molar-refractivity contribution in [2.45, 2.75) is 37.1 Å². The number of amides is 1. The fraction of sp³-hybridized carbons (Fsp3) is 0.333. The van der Waals surface area contributed by atoms with Crippen LogP contribution in [0.2, 0.25) is 0 Å². The monoisotopic (exact) mass is 347 g/mol. The summed E-state index contributed by atoms with van der Waals surface area (Å²) < 4.78 is 2.81. The zero-order valence-electron chi connectivity index (χ0n) is 13.1. The molecule has 0 aliphatic heterocycles. The molecule has 1 N–H and O–H groups in total. The molecule has 23 heavy (non-hydrogen) atoms. The number of anilines is 1. The summed E-state index contributed by atoms with van der Waals surface area (Å²) in [5.41, 5.74) is 0.915. The maximum atomic E-state index is 12.5. The van der Waals surface area contributed by atoms with Crippen LogP contribution in [0.5, 0.6) is 0 Å². The topological polar surface area (TPSA) is 72.7 Å². The predicted octanol–water partition coefficient (Wildman–Crippen LogP) is 3.59. The van der Waals surface area contributed by atoms with Crippen LogP contribution in [0.25, 0.3) is 10.2 Å². The number of nitrogens with zero attached hydrogens (tertiary/aromatic N) is 4. The molecule has 0 aliphatic carbocycles. The first-order chi connectivity index (χ1) is 11.1. The van der Waals surface area contributed by atoms with Crippen molar-refractivity contribution in [3.8, 4) is 0 Å². The Morgan fingerprint density at radius 2 is 2.13 bits per heavy atom. The number of aromatic nitrogens is 4. The van der Waals surface area contributed by atoms with Gasteiger partial charge in [-0.3, -0.25) is 4.79 Å². The zero-order valence-corrected chi connectivity index (χ0v) is 14.7. The number of nitrogens with one attached hydrogen (secondary N) is 1. The molecular weight excluding hydrogens is 330 g/mol. The molecule has 0 spiro atoms. The Morgan fingerprint density at radius 3 is 2.91 bits per heavy atom. The van der Waals surface area contributed by atoms with Crippen LogP contribution in [-0.4, -0.2) is 30.9 Å². The normalized spacial score (nSPS) is 12.7. The molecule has 0 bridgehead atoms. The van der Waals surface area contributed by atoms with Gasteiger partial charge in [0.1, 0.15) is 17.2 Å². The molecule has 1 atom stereocenters. The molecule has 6 nitrogen and oxygen atoms in total. The highest BCUT2D eigenvalue weighted by molar-refractivity contribution is 8.00. The van der Waals surface area contributed by atoms with E-state index < -0.39 is 0 Å². The fourth-order valence-electron chi connectivity index (χ4n) is 2.12. The summed E-state index contributed by atoms with van der Waals surface area (Å²) in [6.07, 6.45) is 3.23. The second-order valence-corrected chi connectivity index (χ2v) is 7.56. The average Bonchev–Trinajstić information content (AvgIpc) is 3.16. The second kappa shape index (κ2) is 6.67. The van der Waals surface area contributed by atoms with Gasteiger partial charge in [0.05, 0.1) is 21.7 Å². The summed E-state index contributed by atoms with van der Waals surface area (Å²) in [5.74, 6) is 0.641. The number of carbonyl (C=O) groups excluding carboxylic acids is 1. The third kappa shape index (κ3) is 3.37. The molecule has 0 radical (unpaired) electrons. The van der Waals surface area contributed by atoms with Gasteiger partial charge in [0, 0.05) is 12.1 Å². The third-order valence-corrected chi connectivity index (χ3v) is 5.42. The molecular formula is C15H17N5OS2. The molecule has 0 saturated heterocycles. The number of fused-ring (bicyclic) bond motifs is 1. The van der Waals surface area contributed by atoms with Gasteiger partial charge >= 0.3 is 0 Å². The van der Waals surface area contributed by atoms with Gasteiger partial charge in [-0.2, -0.15) is 5.10 Å². The van der Waals surface area contributed by atoms with E-state index in [0.29, 0.717) is 5.82 Å². The first-order valence-electron chi connectivity index (χ1n) is 7.25. The highest BCUT2D eigenvalue weighted by Gasteiger charge is 2.19. The number of hydrogen-bond acceptors (Lipinski definition) is 6. The first-order valence-corrected chi connectivity index (χ1v) is 9.01. The van der Waals surface area contributed by atoms with Crippen molar-refractivity contribution >= 4 is 45.0 Å². The highest BCUT2D eigenvalue weighted by atomic mass is 32.2. The van der Waals surface area contributed by atoms with Gasteiger partial charge in [-0.05, 0) is 32.2 Å². The molecule has 3 rings (SSSR count). The molecule has 0 aromatic carbocycles. The van der Waals surface area contributed by atoms with Crippen molar-refractivity contribution in [3.05, 3.63) is 30.0 Å². The van der Waals surface area contributed by atoms with Crippen molar-refractivity contribution in [3.63, 3.8) is 0 Å². The molecule has 3 heterocycles. The van der Waals surface area contributed by atoms with Crippen molar-refractivity contribution in [1.82, 2.24) is 19.7 Å². The quantitative estimate of drug-likeness (QED) is 0.564. The van der Waals surface area contributed by atoms with Crippen LogP contribution < -0.4 is 5.32 Å². The Morgan fingerprint density at radius 1 is 1.30 bits per heavy atom. The Balaban J connectivity index is 1.73. The van der Waals surface area contributed by atoms with Gasteiger partial charge in [-0.15, -0.1) is 11.3 Å². The third-order valence-electron chi connectivity index (χ3n) is 3.28. The molecule has 3 aromatic heterocycles. The number of rotatable bonds is 5. The van der Waals surface area contributed by atoms with E-state index in [1.807, 2.05) is 32.2 Å². The van der Waals surface area contributed by atoms with Crippen LogP contribution in [-0.2, 0) is 4.79 Å². The lowest BCUT2D eigenvalue weighted by Gasteiger charge is -2.14. The summed E-state index contributed by atoms with van der Waals surface area (Å²) in [5, 5.41) is 9.70. The minimum absolute atomic E-state index is 0.0688. The summed E-state index contributed by atoms with van der Waals surface area (Å²) >= 11 is 3.03. The lowest BCUT2D eigenvalue weighted by Crippen LogP contribution is -2.24. The van der Waals surface area contributed by atoms with E-state index in [1.54, 1.807) is 28.3 Å². The number of thiophene rings is 1. The second-order valence-electron chi connectivity index (χ2n) is 5.32. The van der Waals surface area contributed by atoms with Gasteiger partial charge in [0.2, 0.25) is 5.91 Å². The Kier molecular flexibility index (Phi) is 4.63. The van der Waals surface area contributed by atoms with E-state index in [2.05, 4.69) is 20.4 Å². The fourth-order valence-corrected chi connectivity index (χ4v) is 3.96.